The summed E-state index contributed by atoms with van der Waals surface area (Å²) < 4.78 is 21.6. The van der Waals surface area contributed by atoms with E-state index in [4.69, 9.17) is 18.9 Å². The molecule has 0 saturated carbocycles. The number of aliphatic hydroxyl groups is 4. The third-order valence-electron chi connectivity index (χ3n) is 6.98. The number of aliphatic hydroxyl groups excluding tert-OH is 4. The minimum absolute atomic E-state index is 0.199. The smallest absolute Gasteiger partial charge is 0.306 e. The van der Waals surface area contributed by atoms with Crippen molar-refractivity contribution in [3.05, 3.63) is 48.6 Å². The molecule has 0 spiro atoms. The Kier molecular flexibility index (Phi) is 23.4. The number of carbonyl (C=O) groups excluding carboxylic acids is 2. The molecule has 0 bridgehead atoms. The van der Waals surface area contributed by atoms with Gasteiger partial charge in [0.05, 0.1) is 13.2 Å². The molecular formula is C34H56O10. The second kappa shape index (κ2) is 25.9. The first-order chi connectivity index (χ1) is 21.3. The zero-order chi connectivity index (χ0) is 32.4. The van der Waals surface area contributed by atoms with Gasteiger partial charge in [0.1, 0.15) is 31.0 Å². The summed E-state index contributed by atoms with van der Waals surface area (Å²) in [7, 11) is 0. The van der Waals surface area contributed by atoms with Crippen molar-refractivity contribution in [1.82, 2.24) is 0 Å². The summed E-state index contributed by atoms with van der Waals surface area (Å²) in [6, 6.07) is 0. The highest BCUT2D eigenvalue weighted by Gasteiger charge is 2.44. The Balaban J connectivity index is 2.35. The number of hydrogen-bond acceptors (Lipinski definition) is 10. The summed E-state index contributed by atoms with van der Waals surface area (Å²) in [5, 5.41) is 39.5. The Morgan fingerprint density at radius 3 is 1.98 bits per heavy atom. The molecule has 0 amide bonds. The van der Waals surface area contributed by atoms with E-state index in [1.807, 2.05) is 6.92 Å². The van der Waals surface area contributed by atoms with Crippen LogP contribution >= 0.6 is 0 Å². The van der Waals surface area contributed by atoms with Crippen molar-refractivity contribution in [2.75, 3.05) is 19.8 Å². The van der Waals surface area contributed by atoms with Crippen molar-refractivity contribution in [1.29, 1.82) is 0 Å². The topological polar surface area (TPSA) is 152 Å². The highest BCUT2D eigenvalue weighted by molar-refractivity contribution is 5.70. The molecule has 1 rings (SSSR count). The Labute approximate surface area is 263 Å². The molecule has 1 fully saturated rings. The van der Waals surface area contributed by atoms with E-state index >= 15 is 0 Å². The lowest BCUT2D eigenvalue weighted by molar-refractivity contribution is -0.305. The van der Waals surface area contributed by atoms with Gasteiger partial charge in [-0.15, -0.1) is 0 Å². The number of ether oxygens (including phenoxy) is 4. The van der Waals surface area contributed by atoms with Gasteiger partial charge < -0.3 is 39.4 Å². The lowest BCUT2D eigenvalue weighted by Crippen LogP contribution is -2.59. The molecule has 1 heterocycles. The van der Waals surface area contributed by atoms with Crippen LogP contribution in [0.3, 0.4) is 0 Å². The maximum Gasteiger partial charge on any atom is 0.306 e. The predicted molar refractivity (Wildman–Crippen MR) is 168 cm³/mol. The molecule has 0 radical (unpaired) electrons. The summed E-state index contributed by atoms with van der Waals surface area (Å²) in [6.45, 7) is 2.97. The quantitative estimate of drug-likeness (QED) is 0.0682. The van der Waals surface area contributed by atoms with E-state index in [0.717, 1.165) is 57.8 Å². The molecule has 0 aromatic rings. The van der Waals surface area contributed by atoms with Crippen LogP contribution in [0, 0.1) is 0 Å². The van der Waals surface area contributed by atoms with Gasteiger partial charge in [0.25, 0.3) is 0 Å². The molecule has 4 N–H and O–H groups in total. The highest BCUT2D eigenvalue weighted by atomic mass is 16.7. The fourth-order valence-electron chi connectivity index (χ4n) is 4.33. The fourth-order valence-corrected chi connectivity index (χ4v) is 4.33. The van der Waals surface area contributed by atoms with E-state index in [2.05, 4.69) is 55.5 Å². The second-order valence-corrected chi connectivity index (χ2v) is 10.9. The van der Waals surface area contributed by atoms with Gasteiger partial charge in [-0.1, -0.05) is 81.7 Å². The summed E-state index contributed by atoms with van der Waals surface area (Å²) in [5.74, 6) is -0.884. The van der Waals surface area contributed by atoms with E-state index < -0.39 is 55.4 Å². The molecule has 10 heteroatoms. The Morgan fingerprint density at radius 1 is 0.727 bits per heavy atom. The van der Waals surface area contributed by atoms with Crippen LogP contribution in [0.15, 0.2) is 48.6 Å². The van der Waals surface area contributed by atoms with E-state index in [9.17, 15) is 30.0 Å². The summed E-state index contributed by atoms with van der Waals surface area (Å²) in [5.41, 5.74) is 0. The van der Waals surface area contributed by atoms with Crippen LogP contribution in [0.4, 0.5) is 0 Å². The lowest BCUT2D eigenvalue weighted by atomic mass is 9.99. The number of hydrogen-bond donors (Lipinski definition) is 4. The van der Waals surface area contributed by atoms with Gasteiger partial charge in [-0.3, -0.25) is 9.59 Å². The van der Waals surface area contributed by atoms with Gasteiger partial charge in [0, 0.05) is 12.8 Å². The maximum atomic E-state index is 12.5. The van der Waals surface area contributed by atoms with Crippen molar-refractivity contribution in [3.63, 3.8) is 0 Å². The molecule has 10 nitrogen and oxygen atoms in total. The zero-order valence-electron chi connectivity index (χ0n) is 26.6. The van der Waals surface area contributed by atoms with Crippen LogP contribution in [0.5, 0.6) is 0 Å². The number of esters is 2. The highest BCUT2D eigenvalue weighted by Crippen LogP contribution is 2.22. The molecule has 1 aliphatic rings. The standard InChI is InChI=1S/C34H56O10/c1-3-5-7-8-9-10-11-12-13-14-15-16-17-18-19-20-21-23-30(37)43-27(25-41-29(36)22-6-4-2)26-42-34-33(40)32(39)31(38)28(24-35)44-34/h5,7,9-10,12-13,15-16,27-28,31-35,38-40H,3-4,6,8,11,14,17-26H2,1-2H3/b7-5-,10-9-,13-12-,16-15-. The lowest BCUT2D eigenvalue weighted by Gasteiger charge is -2.39. The average molecular weight is 625 g/mol. The Morgan fingerprint density at radius 2 is 1.34 bits per heavy atom. The van der Waals surface area contributed by atoms with Crippen LogP contribution in [0.2, 0.25) is 0 Å². The first kappa shape index (κ1) is 39.7. The normalized spacial score (nSPS) is 23.3. The maximum absolute atomic E-state index is 12.5. The van der Waals surface area contributed by atoms with Gasteiger partial charge in [-0.05, 0) is 51.4 Å². The van der Waals surface area contributed by atoms with Crippen LogP contribution in [-0.2, 0) is 28.5 Å². The summed E-state index contributed by atoms with van der Waals surface area (Å²) in [4.78, 5) is 24.5. The van der Waals surface area contributed by atoms with Gasteiger partial charge in [0.2, 0.25) is 0 Å². The number of allylic oxidation sites excluding steroid dienone is 8. The molecule has 6 atom stereocenters. The minimum Gasteiger partial charge on any atom is -0.462 e. The Hall–Kier alpha value is -2.34. The van der Waals surface area contributed by atoms with Crippen molar-refractivity contribution >= 4 is 11.9 Å². The molecule has 1 saturated heterocycles. The minimum atomic E-state index is -1.60. The molecule has 6 unspecified atom stereocenters. The van der Waals surface area contributed by atoms with Crippen molar-refractivity contribution in [2.45, 2.75) is 134 Å². The van der Waals surface area contributed by atoms with Crippen LogP contribution < -0.4 is 0 Å². The molecular weight excluding hydrogens is 568 g/mol. The molecule has 1 aliphatic heterocycles. The van der Waals surface area contributed by atoms with Gasteiger partial charge in [-0.25, -0.2) is 0 Å². The van der Waals surface area contributed by atoms with Gasteiger partial charge in [0.15, 0.2) is 12.4 Å². The second-order valence-electron chi connectivity index (χ2n) is 10.9. The van der Waals surface area contributed by atoms with Crippen molar-refractivity contribution < 1.29 is 49.0 Å². The van der Waals surface area contributed by atoms with E-state index in [1.165, 1.54) is 0 Å². The molecule has 44 heavy (non-hydrogen) atoms. The zero-order valence-corrected chi connectivity index (χ0v) is 26.6. The molecule has 0 aromatic heterocycles. The van der Waals surface area contributed by atoms with Gasteiger partial charge in [-0.2, -0.15) is 0 Å². The first-order valence-corrected chi connectivity index (χ1v) is 16.2. The molecule has 252 valence electrons. The monoisotopic (exact) mass is 624 g/mol. The van der Waals surface area contributed by atoms with Crippen LogP contribution in [-0.4, -0.2) is 89.0 Å². The fraction of sp³-hybridized carbons (Fsp3) is 0.706. The number of rotatable bonds is 24. The summed E-state index contributed by atoms with van der Waals surface area (Å²) in [6.07, 6.45) is 19.7. The molecule has 0 aliphatic carbocycles. The van der Waals surface area contributed by atoms with E-state index in [-0.39, 0.29) is 26.1 Å². The Bertz CT molecular complexity index is 866. The number of unbranched alkanes of at least 4 members (excludes halogenated alkanes) is 5. The van der Waals surface area contributed by atoms with Gasteiger partial charge >= 0.3 is 11.9 Å². The average Bonchev–Trinajstić information content (AvgIpc) is 3.02. The van der Waals surface area contributed by atoms with Crippen molar-refractivity contribution in [2.24, 2.45) is 0 Å². The van der Waals surface area contributed by atoms with Crippen LogP contribution in [0.25, 0.3) is 0 Å². The molecule has 0 aromatic carbocycles. The van der Waals surface area contributed by atoms with E-state index in [1.54, 1.807) is 0 Å². The SMILES string of the molecule is CC/C=C\C/C=C\C/C=C\C/C=C\CCCCCCC(=O)OC(COC(=O)CCCC)COC1OC(CO)C(O)C(O)C1O. The third kappa shape index (κ3) is 18.5. The predicted octanol–water partition coefficient (Wildman–Crippen LogP) is 4.59. The third-order valence-corrected chi connectivity index (χ3v) is 6.98. The number of carbonyl (C=O) groups is 2. The summed E-state index contributed by atoms with van der Waals surface area (Å²) >= 11 is 0. The van der Waals surface area contributed by atoms with Crippen molar-refractivity contribution in [3.8, 4) is 0 Å². The van der Waals surface area contributed by atoms with E-state index in [0.29, 0.717) is 12.8 Å². The first-order valence-electron chi connectivity index (χ1n) is 16.2. The largest absolute Gasteiger partial charge is 0.462 e. The van der Waals surface area contributed by atoms with Crippen LogP contribution in [0.1, 0.15) is 97.3 Å².